The largest absolute Gasteiger partial charge is 0.484 e. The van der Waals surface area contributed by atoms with Crippen LogP contribution in [0.25, 0.3) is 0 Å². The van der Waals surface area contributed by atoms with Crippen LogP contribution in [-0.2, 0) is 19.1 Å². The number of carbonyl (C=O) groups excluding carboxylic acids is 3. The van der Waals surface area contributed by atoms with Crippen LogP contribution >= 0.6 is 11.6 Å². The lowest BCUT2D eigenvalue weighted by atomic mass is 10.2. The molecule has 0 bridgehead atoms. The summed E-state index contributed by atoms with van der Waals surface area (Å²) in [4.78, 5) is 35.7. The van der Waals surface area contributed by atoms with Crippen molar-refractivity contribution in [3.8, 4) is 5.75 Å². The first kappa shape index (κ1) is 26.8. The van der Waals surface area contributed by atoms with Crippen LogP contribution in [0, 0.1) is 6.92 Å². The van der Waals surface area contributed by atoms with Crippen molar-refractivity contribution in [2.75, 3.05) is 25.1 Å². The molecule has 0 radical (unpaired) electrons. The van der Waals surface area contributed by atoms with E-state index < -0.39 is 11.8 Å². The van der Waals surface area contributed by atoms with Gasteiger partial charge in [0.05, 0.1) is 12.3 Å². The van der Waals surface area contributed by atoms with Gasteiger partial charge < -0.3 is 20.1 Å². The third-order valence-corrected chi connectivity index (χ3v) is 4.82. The molecule has 0 fully saturated rings. The van der Waals surface area contributed by atoms with Gasteiger partial charge in [-0.1, -0.05) is 29.8 Å². The standard InChI is InChI=1S/C24H29ClN4O5/c1-16(2)33-12-6-11-26-23(31)24(32)29-27-14-18-7-4-8-19(13-18)34-15-22(30)28-21-10-5-9-20(25)17(21)3/h4-5,7-10,13-14,16H,6,11-12,15H2,1-3H3,(H,26,31)(H,28,30)(H,29,32)/b27-14-. The van der Waals surface area contributed by atoms with Crippen molar-refractivity contribution in [1.29, 1.82) is 0 Å². The van der Waals surface area contributed by atoms with E-state index in [2.05, 4.69) is 21.2 Å². The summed E-state index contributed by atoms with van der Waals surface area (Å²) in [5.41, 5.74) is 4.16. The first-order valence-corrected chi connectivity index (χ1v) is 11.1. The molecule has 0 aromatic heterocycles. The van der Waals surface area contributed by atoms with Gasteiger partial charge in [0.1, 0.15) is 5.75 Å². The summed E-state index contributed by atoms with van der Waals surface area (Å²) < 4.78 is 10.9. The minimum absolute atomic E-state index is 0.118. The number of anilines is 1. The maximum Gasteiger partial charge on any atom is 0.329 e. The summed E-state index contributed by atoms with van der Waals surface area (Å²) in [6.07, 6.45) is 2.08. The number of hydrogen-bond acceptors (Lipinski definition) is 6. The third-order valence-electron chi connectivity index (χ3n) is 4.41. The maximum absolute atomic E-state index is 12.2. The lowest BCUT2D eigenvalue weighted by Gasteiger charge is -2.10. The van der Waals surface area contributed by atoms with Crippen LogP contribution in [0.1, 0.15) is 31.4 Å². The van der Waals surface area contributed by atoms with E-state index in [9.17, 15) is 14.4 Å². The second-order valence-corrected chi connectivity index (χ2v) is 7.96. The molecule has 0 atom stereocenters. The SMILES string of the molecule is Cc1c(Cl)cccc1NC(=O)COc1cccc(/C=N\NC(=O)C(=O)NCCCOC(C)C)c1. The molecule has 0 aliphatic rings. The second kappa shape index (κ2) is 14.0. The first-order valence-electron chi connectivity index (χ1n) is 10.8. The van der Waals surface area contributed by atoms with Gasteiger partial charge in [0.15, 0.2) is 6.61 Å². The molecule has 182 valence electrons. The Balaban J connectivity index is 1.77. The number of halogens is 1. The Morgan fingerprint density at radius 3 is 2.65 bits per heavy atom. The van der Waals surface area contributed by atoms with Crippen molar-refractivity contribution >= 4 is 41.2 Å². The topological polar surface area (TPSA) is 118 Å². The van der Waals surface area contributed by atoms with Crippen LogP contribution in [0.4, 0.5) is 5.69 Å². The maximum atomic E-state index is 12.2. The normalized spacial score (nSPS) is 10.9. The molecular weight excluding hydrogens is 460 g/mol. The Labute approximate surface area is 203 Å². The number of hydrogen-bond donors (Lipinski definition) is 3. The number of nitrogens with one attached hydrogen (secondary N) is 3. The third kappa shape index (κ3) is 9.60. The van der Waals surface area contributed by atoms with Gasteiger partial charge in [-0.05, 0) is 62.6 Å². The van der Waals surface area contributed by atoms with E-state index in [-0.39, 0.29) is 18.6 Å². The number of amides is 3. The number of rotatable bonds is 11. The van der Waals surface area contributed by atoms with Crippen molar-refractivity contribution in [2.24, 2.45) is 5.10 Å². The molecular formula is C24H29ClN4O5. The molecule has 2 aromatic rings. The molecule has 3 amide bonds. The zero-order valence-corrected chi connectivity index (χ0v) is 20.1. The van der Waals surface area contributed by atoms with E-state index in [1.54, 1.807) is 42.5 Å². The van der Waals surface area contributed by atoms with Crippen LogP contribution in [0.5, 0.6) is 5.75 Å². The van der Waals surface area contributed by atoms with Crippen LogP contribution in [0.3, 0.4) is 0 Å². The molecule has 0 spiro atoms. The van der Waals surface area contributed by atoms with Gasteiger partial charge in [0, 0.05) is 23.9 Å². The fourth-order valence-corrected chi connectivity index (χ4v) is 2.83. The van der Waals surface area contributed by atoms with E-state index in [0.717, 1.165) is 5.56 Å². The van der Waals surface area contributed by atoms with Crippen LogP contribution in [-0.4, -0.2) is 49.8 Å². The molecule has 3 N–H and O–H groups in total. The van der Waals surface area contributed by atoms with Gasteiger partial charge in [-0.2, -0.15) is 5.10 Å². The molecule has 0 saturated heterocycles. The Morgan fingerprint density at radius 2 is 1.88 bits per heavy atom. The monoisotopic (exact) mass is 488 g/mol. The second-order valence-electron chi connectivity index (χ2n) is 7.55. The molecule has 0 aliphatic heterocycles. The van der Waals surface area contributed by atoms with Crippen molar-refractivity contribution in [1.82, 2.24) is 10.7 Å². The summed E-state index contributed by atoms with van der Waals surface area (Å²) in [5.74, 6) is -1.55. The van der Waals surface area contributed by atoms with Crippen LogP contribution in [0.2, 0.25) is 5.02 Å². The molecule has 10 heteroatoms. The van der Waals surface area contributed by atoms with Gasteiger partial charge in [-0.15, -0.1) is 0 Å². The lowest BCUT2D eigenvalue weighted by molar-refractivity contribution is -0.139. The number of ether oxygens (including phenoxy) is 2. The summed E-state index contributed by atoms with van der Waals surface area (Å²) in [6.45, 7) is 6.28. The van der Waals surface area contributed by atoms with E-state index in [0.29, 0.717) is 41.6 Å². The van der Waals surface area contributed by atoms with Crippen molar-refractivity contribution < 1.29 is 23.9 Å². The van der Waals surface area contributed by atoms with Gasteiger partial charge in [0.25, 0.3) is 5.91 Å². The van der Waals surface area contributed by atoms with E-state index in [1.807, 2.05) is 20.8 Å². The highest BCUT2D eigenvalue weighted by Crippen LogP contribution is 2.22. The fraction of sp³-hybridized carbons (Fsp3) is 0.333. The fourth-order valence-electron chi connectivity index (χ4n) is 2.65. The van der Waals surface area contributed by atoms with Crippen molar-refractivity contribution in [3.63, 3.8) is 0 Å². The van der Waals surface area contributed by atoms with Crippen LogP contribution < -0.4 is 20.8 Å². The van der Waals surface area contributed by atoms with Gasteiger partial charge in [-0.3, -0.25) is 14.4 Å². The zero-order chi connectivity index (χ0) is 24.9. The van der Waals surface area contributed by atoms with Gasteiger partial charge >= 0.3 is 11.8 Å². The molecule has 34 heavy (non-hydrogen) atoms. The predicted molar refractivity (Wildman–Crippen MR) is 131 cm³/mol. The number of nitrogens with zero attached hydrogens (tertiary/aromatic N) is 1. The Hall–Kier alpha value is -3.43. The molecule has 0 unspecified atom stereocenters. The van der Waals surface area contributed by atoms with Crippen molar-refractivity contribution in [3.05, 3.63) is 58.6 Å². The lowest BCUT2D eigenvalue weighted by Crippen LogP contribution is -2.38. The highest BCUT2D eigenvalue weighted by Gasteiger charge is 2.11. The molecule has 9 nitrogen and oxygen atoms in total. The average Bonchev–Trinajstić information content (AvgIpc) is 2.80. The van der Waals surface area contributed by atoms with Crippen molar-refractivity contribution in [2.45, 2.75) is 33.3 Å². The first-order chi connectivity index (χ1) is 16.3. The highest BCUT2D eigenvalue weighted by atomic mass is 35.5. The Morgan fingerprint density at radius 1 is 1.12 bits per heavy atom. The van der Waals surface area contributed by atoms with Gasteiger partial charge in [-0.25, -0.2) is 5.43 Å². The predicted octanol–water partition coefficient (Wildman–Crippen LogP) is 3.05. The van der Waals surface area contributed by atoms with E-state index >= 15 is 0 Å². The summed E-state index contributed by atoms with van der Waals surface area (Å²) in [7, 11) is 0. The molecule has 0 saturated carbocycles. The highest BCUT2D eigenvalue weighted by molar-refractivity contribution is 6.35. The Bertz CT molecular complexity index is 1030. The minimum Gasteiger partial charge on any atom is -0.484 e. The molecule has 0 heterocycles. The average molecular weight is 489 g/mol. The molecule has 2 rings (SSSR count). The quantitative estimate of drug-likeness (QED) is 0.194. The van der Waals surface area contributed by atoms with E-state index in [4.69, 9.17) is 21.1 Å². The smallest absolute Gasteiger partial charge is 0.329 e. The zero-order valence-electron chi connectivity index (χ0n) is 19.4. The molecule has 2 aromatic carbocycles. The molecule has 0 aliphatic carbocycles. The number of hydrazone groups is 1. The minimum atomic E-state index is -0.874. The van der Waals surface area contributed by atoms with E-state index in [1.165, 1.54) is 6.21 Å². The van der Waals surface area contributed by atoms with Gasteiger partial charge in [0.2, 0.25) is 0 Å². The summed E-state index contributed by atoms with van der Waals surface area (Å²) in [6, 6.07) is 12.0. The summed E-state index contributed by atoms with van der Waals surface area (Å²) >= 11 is 6.06. The number of benzene rings is 2. The number of carbonyl (C=O) groups is 3. The Kier molecular flexibility index (Phi) is 11.0. The summed E-state index contributed by atoms with van der Waals surface area (Å²) in [5, 5.41) is 9.59. The van der Waals surface area contributed by atoms with Crippen LogP contribution in [0.15, 0.2) is 47.6 Å².